The zero-order chi connectivity index (χ0) is 10.4. The van der Waals surface area contributed by atoms with E-state index in [9.17, 15) is 4.79 Å². The lowest BCUT2D eigenvalue weighted by Crippen LogP contribution is -2.53. The van der Waals surface area contributed by atoms with Crippen LogP contribution in [0.25, 0.3) is 0 Å². The summed E-state index contributed by atoms with van der Waals surface area (Å²) in [5, 5.41) is 2.93. The largest absolute Gasteiger partial charge is 0.357 e. The van der Waals surface area contributed by atoms with Crippen LogP contribution in [-0.4, -0.2) is 25.0 Å². The van der Waals surface area contributed by atoms with Crippen molar-refractivity contribution in [3.05, 3.63) is 29.3 Å². The molecule has 0 spiro atoms. The molecule has 15 heavy (non-hydrogen) atoms. The lowest BCUT2D eigenvalue weighted by Gasteiger charge is -2.31. The Bertz CT molecular complexity index is 428. The molecule has 1 atom stereocenters. The summed E-state index contributed by atoms with van der Waals surface area (Å²) in [5.41, 5.74) is 3.91. The van der Waals surface area contributed by atoms with Gasteiger partial charge in [-0.2, -0.15) is 0 Å². The summed E-state index contributed by atoms with van der Waals surface area (Å²) in [5.74, 6) is 0.178. The first-order valence-corrected chi connectivity index (χ1v) is 5.40. The summed E-state index contributed by atoms with van der Waals surface area (Å²) < 4.78 is 0. The standard InChI is InChI=1S/C12H14N2O/c1-8-3-2-4-10-9(8)7-11-12(15)13-5-6-14(10)11/h2-4,11H,5-7H2,1H3,(H,13,15). The van der Waals surface area contributed by atoms with Crippen LogP contribution in [0, 0.1) is 6.92 Å². The van der Waals surface area contributed by atoms with Crippen molar-refractivity contribution < 1.29 is 4.79 Å². The van der Waals surface area contributed by atoms with Gasteiger partial charge in [-0.1, -0.05) is 12.1 Å². The third-order valence-electron chi connectivity index (χ3n) is 3.42. The highest BCUT2D eigenvalue weighted by Gasteiger charge is 2.37. The zero-order valence-electron chi connectivity index (χ0n) is 8.79. The van der Waals surface area contributed by atoms with Crippen molar-refractivity contribution in [3.8, 4) is 0 Å². The second-order valence-corrected chi connectivity index (χ2v) is 4.28. The number of piperazine rings is 1. The van der Waals surface area contributed by atoms with E-state index in [1.54, 1.807) is 0 Å². The summed E-state index contributed by atoms with van der Waals surface area (Å²) in [4.78, 5) is 13.9. The molecule has 1 aromatic rings. The molecule has 0 aromatic heterocycles. The van der Waals surface area contributed by atoms with E-state index in [4.69, 9.17) is 0 Å². The van der Waals surface area contributed by atoms with Gasteiger partial charge in [0.25, 0.3) is 0 Å². The molecule has 0 bridgehead atoms. The Morgan fingerprint density at radius 1 is 1.47 bits per heavy atom. The van der Waals surface area contributed by atoms with Crippen LogP contribution in [0.1, 0.15) is 11.1 Å². The van der Waals surface area contributed by atoms with Crippen molar-refractivity contribution in [3.63, 3.8) is 0 Å². The Hall–Kier alpha value is -1.51. The molecule has 1 unspecified atom stereocenters. The molecule has 1 N–H and O–H groups in total. The third kappa shape index (κ3) is 1.16. The SMILES string of the molecule is Cc1cccc2c1CC1C(=O)NCCN21. The fourth-order valence-corrected chi connectivity index (χ4v) is 2.62. The molecule has 0 radical (unpaired) electrons. The van der Waals surface area contributed by atoms with Crippen LogP contribution in [0.2, 0.25) is 0 Å². The molecule has 3 rings (SSSR count). The smallest absolute Gasteiger partial charge is 0.243 e. The van der Waals surface area contributed by atoms with Gasteiger partial charge in [-0.3, -0.25) is 4.79 Å². The average molecular weight is 202 g/mol. The maximum Gasteiger partial charge on any atom is 0.243 e. The number of rotatable bonds is 0. The topological polar surface area (TPSA) is 32.3 Å². The summed E-state index contributed by atoms with van der Waals surface area (Å²) in [6.07, 6.45) is 0.869. The lowest BCUT2D eigenvalue weighted by atomic mass is 10.0. The van der Waals surface area contributed by atoms with Crippen molar-refractivity contribution in [1.82, 2.24) is 5.32 Å². The molecule has 2 aliphatic rings. The number of carbonyl (C=O) groups is 1. The van der Waals surface area contributed by atoms with Gasteiger partial charge in [-0.15, -0.1) is 0 Å². The molecule has 2 aliphatic heterocycles. The number of nitrogens with one attached hydrogen (secondary N) is 1. The maximum atomic E-state index is 11.7. The van der Waals surface area contributed by atoms with Crippen LogP contribution in [0.5, 0.6) is 0 Å². The van der Waals surface area contributed by atoms with E-state index in [1.807, 2.05) is 0 Å². The van der Waals surface area contributed by atoms with Crippen LogP contribution in [0.15, 0.2) is 18.2 Å². The first-order chi connectivity index (χ1) is 7.27. The first kappa shape index (κ1) is 8.77. The van der Waals surface area contributed by atoms with Crippen molar-refractivity contribution in [2.45, 2.75) is 19.4 Å². The van der Waals surface area contributed by atoms with E-state index in [-0.39, 0.29) is 11.9 Å². The molecule has 1 amide bonds. The highest BCUT2D eigenvalue weighted by atomic mass is 16.2. The highest BCUT2D eigenvalue weighted by Crippen LogP contribution is 2.34. The molecule has 0 saturated carbocycles. The number of nitrogens with zero attached hydrogens (tertiary/aromatic N) is 1. The Morgan fingerprint density at radius 2 is 2.33 bits per heavy atom. The van der Waals surface area contributed by atoms with E-state index in [2.05, 4.69) is 35.3 Å². The summed E-state index contributed by atoms with van der Waals surface area (Å²) in [6, 6.07) is 6.36. The predicted molar refractivity (Wildman–Crippen MR) is 59.0 cm³/mol. The Kier molecular flexibility index (Phi) is 1.75. The maximum absolute atomic E-state index is 11.7. The number of benzene rings is 1. The zero-order valence-corrected chi connectivity index (χ0v) is 8.79. The molecule has 1 saturated heterocycles. The van der Waals surface area contributed by atoms with Gasteiger partial charge in [-0.25, -0.2) is 0 Å². The highest BCUT2D eigenvalue weighted by molar-refractivity contribution is 5.89. The van der Waals surface area contributed by atoms with Crippen molar-refractivity contribution in [2.75, 3.05) is 18.0 Å². The van der Waals surface area contributed by atoms with Gasteiger partial charge in [0.2, 0.25) is 5.91 Å². The van der Waals surface area contributed by atoms with Crippen molar-refractivity contribution in [1.29, 1.82) is 0 Å². The van der Waals surface area contributed by atoms with E-state index >= 15 is 0 Å². The molecule has 2 heterocycles. The Balaban J connectivity index is 2.08. The monoisotopic (exact) mass is 202 g/mol. The van der Waals surface area contributed by atoms with E-state index in [0.29, 0.717) is 0 Å². The quantitative estimate of drug-likeness (QED) is 0.676. The summed E-state index contributed by atoms with van der Waals surface area (Å²) >= 11 is 0. The molecule has 78 valence electrons. The third-order valence-corrected chi connectivity index (χ3v) is 3.42. The number of aryl methyl sites for hydroxylation is 1. The minimum atomic E-state index is 0.0369. The Morgan fingerprint density at radius 3 is 3.20 bits per heavy atom. The second-order valence-electron chi connectivity index (χ2n) is 4.28. The molecule has 1 fully saturated rings. The van der Waals surface area contributed by atoms with Gasteiger partial charge in [0.05, 0.1) is 0 Å². The van der Waals surface area contributed by atoms with E-state index in [0.717, 1.165) is 19.5 Å². The Labute approximate surface area is 89.1 Å². The van der Waals surface area contributed by atoms with Crippen LogP contribution < -0.4 is 10.2 Å². The minimum absolute atomic E-state index is 0.0369. The van der Waals surface area contributed by atoms with Gasteiger partial charge < -0.3 is 10.2 Å². The minimum Gasteiger partial charge on any atom is -0.357 e. The molecule has 1 aromatic carbocycles. The lowest BCUT2D eigenvalue weighted by molar-refractivity contribution is -0.123. The fraction of sp³-hybridized carbons (Fsp3) is 0.417. The van der Waals surface area contributed by atoms with Gasteiger partial charge in [0.15, 0.2) is 0 Å². The van der Waals surface area contributed by atoms with Gasteiger partial charge >= 0.3 is 0 Å². The van der Waals surface area contributed by atoms with E-state index < -0.39 is 0 Å². The van der Waals surface area contributed by atoms with Crippen LogP contribution in [-0.2, 0) is 11.2 Å². The van der Waals surface area contributed by atoms with Crippen molar-refractivity contribution >= 4 is 11.6 Å². The normalized spacial score (nSPS) is 23.4. The summed E-state index contributed by atoms with van der Waals surface area (Å²) in [6.45, 7) is 3.82. The first-order valence-electron chi connectivity index (χ1n) is 5.40. The van der Waals surface area contributed by atoms with Gasteiger partial charge in [0.1, 0.15) is 6.04 Å². The second kappa shape index (κ2) is 2.99. The number of carbonyl (C=O) groups excluding carboxylic acids is 1. The number of hydrogen-bond donors (Lipinski definition) is 1. The molecular formula is C12H14N2O. The number of anilines is 1. The van der Waals surface area contributed by atoms with Crippen LogP contribution in [0.3, 0.4) is 0 Å². The molecular weight excluding hydrogens is 188 g/mol. The fourth-order valence-electron chi connectivity index (χ4n) is 2.62. The number of amides is 1. The van der Waals surface area contributed by atoms with E-state index in [1.165, 1.54) is 16.8 Å². The van der Waals surface area contributed by atoms with Gasteiger partial charge in [-0.05, 0) is 24.1 Å². The average Bonchev–Trinajstić information content (AvgIpc) is 2.60. The number of fused-ring (bicyclic) bond motifs is 3. The van der Waals surface area contributed by atoms with Crippen LogP contribution >= 0.6 is 0 Å². The van der Waals surface area contributed by atoms with Crippen LogP contribution in [0.4, 0.5) is 5.69 Å². The van der Waals surface area contributed by atoms with Crippen molar-refractivity contribution in [2.24, 2.45) is 0 Å². The molecule has 3 heteroatoms. The predicted octanol–water partition coefficient (Wildman–Crippen LogP) is 0.856. The number of hydrogen-bond acceptors (Lipinski definition) is 2. The van der Waals surface area contributed by atoms with Gasteiger partial charge in [0, 0.05) is 25.2 Å². The molecule has 3 nitrogen and oxygen atoms in total. The molecule has 0 aliphatic carbocycles. The summed E-state index contributed by atoms with van der Waals surface area (Å²) in [7, 11) is 0.